The summed E-state index contributed by atoms with van der Waals surface area (Å²) in [5.74, 6) is 0.338. The van der Waals surface area contributed by atoms with Crippen LogP contribution in [0.25, 0.3) is 0 Å². The number of rotatable bonds is 12. The number of nitrogens with one attached hydrogen (secondary N) is 2. The van der Waals surface area contributed by atoms with Crippen molar-refractivity contribution in [1.29, 1.82) is 0 Å². The maximum atomic E-state index is 13.0. The average molecular weight is 508 g/mol. The molecule has 1 amide bonds. The van der Waals surface area contributed by atoms with Crippen LogP contribution in [0.5, 0.6) is 11.5 Å². The number of hydrogen-bond acceptors (Lipinski definition) is 9. The number of anilines is 2. The second kappa shape index (κ2) is 13.3. The Kier molecular flexibility index (Phi) is 9.66. The maximum absolute atomic E-state index is 13.0. The first kappa shape index (κ1) is 26.8. The summed E-state index contributed by atoms with van der Waals surface area (Å²) < 4.78 is 16.4. The number of pyridine rings is 1. The van der Waals surface area contributed by atoms with E-state index in [1.165, 1.54) is 0 Å². The van der Waals surface area contributed by atoms with Crippen molar-refractivity contribution in [1.82, 2.24) is 4.98 Å². The molecule has 11 nitrogen and oxygen atoms in total. The van der Waals surface area contributed by atoms with Crippen molar-refractivity contribution in [3.63, 3.8) is 0 Å². The number of ether oxygens (including phenoxy) is 3. The fraction of sp³-hybridized carbons (Fsp3) is 0.231. The molecule has 1 aromatic heterocycles. The van der Waals surface area contributed by atoms with Crippen LogP contribution in [0.3, 0.4) is 0 Å². The molecule has 0 aliphatic carbocycles. The maximum Gasteiger partial charge on any atom is 0.344 e. The number of aromatic nitrogens is 1. The average Bonchev–Trinajstić information content (AvgIpc) is 2.91. The molecule has 37 heavy (non-hydrogen) atoms. The Morgan fingerprint density at radius 3 is 2.51 bits per heavy atom. The normalized spacial score (nSPS) is 10.9. The van der Waals surface area contributed by atoms with Crippen LogP contribution in [0.2, 0.25) is 0 Å². The van der Waals surface area contributed by atoms with E-state index in [1.54, 1.807) is 55.6 Å². The molecule has 0 saturated carbocycles. The van der Waals surface area contributed by atoms with E-state index < -0.39 is 5.97 Å². The van der Waals surface area contributed by atoms with Gasteiger partial charge in [0.1, 0.15) is 5.82 Å². The van der Waals surface area contributed by atoms with Gasteiger partial charge in [0, 0.05) is 29.6 Å². The summed E-state index contributed by atoms with van der Waals surface area (Å²) in [7, 11) is 0. The third kappa shape index (κ3) is 7.34. The number of amides is 1. The number of carbonyl (C=O) groups is 2. The lowest BCUT2D eigenvalue weighted by Crippen LogP contribution is -2.17. The highest BCUT2D eigenvalue weighted by molar-refractivity contribution is 6.07. The van der Waals surface area contributed by atoms with Crippen molar-refractivity contribution in [2.75, 3.05) is 30.5 Å². The fourth-order valence-electron chi connectivity index (χ4n) is 3.36. The minimum absolute atomic E-state index is 0.0318. The van der Waals surface area contributed by atoms with Gasteiger partial charge in [-0.15, -0.1) is 0 Å². The molecule has 0 unspecified atom stereocenters. The fourth-order valence-corrected chi connectivity index (χ4v) is 3.36. The van der Waals surface area contributed by atoms with Crippen LogP contribution in [0.1, 0.15) is 35.3 Å². The SMILES string of the molecule is CCOC(=O)COc1c(CNc2ncccc2C(=O)Nc2ccc(/C(N)=N/O)cc2)cccc1OCC. The van der Waals surface area contributed by atoms with E-state index in [2.05, 4.69) is 20.8 Å². The van der Waals surface area contributed by atoms with Gasteiger partial charge in [-0.2, -0.15) is 0 Å². The van der Waals surface area contributed by atoms with Crippen molar-refractivity contribution >= 4 is 29.2 Å². The number of nitrogens with zero attached hydrogens (tertiary/aromatic N) is 2. The first-order valence-corrected chi connectivity index (χ1v) is 11.6. The first-order chi connectivity index (χ1) is 18.0. The Morgan fingerprint density at radius 2 is 1.81 bits per heavy atom. The molecular weight excluding hydrogens is 478 g/mol. The largest absolute Gasteiger partial charge is 0.490 e. The molecule has 0 spiro atoms. The van der Waals surface area contributed by atoms with Crippen LogP contribution in [0.4, 0.5) is 11.5 Å². The zero-order valence-electron chi connectivity index (χ0n) is 20.6. The number of carbonyl (C=O) groups excluding carboxylic acids is 2. The summed E-state index contributed by atoms with van der Waals surface area (Å²) in [5, 5.41) is 17.7. The van der Waals surface area contributed by atoms with Gasteiger partial charge in [0.05, 0.1) is 18.8 Å². The highest BCUT2D eigenvalue weighted by Gasteiger charge is 2.16. The van der Waals surface area contributed by atoms with Crippen LogP contribution >= 0.6 is 0 Å². The Bertz CT molecular complexity index is 1250. The van der Waals surface area contributed by atoms with E-state index in [0.29, 0.717) is 46.3 Å². The number of oxime groups is 1. The molecule has 5 N–H and O–H groups in total. The lowest BCUT2D eigenvalue weighted by molar-refractivity contribution is -0.145. The molecular formula is C26H29N5O6. The quantitative estimate of drug-likeness (QED) is 0.0948. The Hall–Kier alpha value is -4.80. The summed E-state index contributed by atoms with van der Waals surface area (Å²) in [6.07, 6.45) is 1.57. The summed E-state index contributed by atoms with van der Waals surface area (Å²) >= 11 is 0. The van der Waals surface area contributed by atoms with Crippen molar-refractivity contribution in [3.8, 4) is 11.5 Å². The van der Waals surface area contributed by atoms with E-state index in [0.717, 1.165) is 0 Å². The van der Waals surface area contributed by atoms with Crippen molar-refractivity contribution in [2.24, 2.45) is 10.9 Å². The third-order valence-corrected chi connectivity index (χ3v) is 5.04. The smallest absolute Gasteiger partial charge is 0.344 e. The van der Waals surface area contributed by atoms with E-state index >= 15 is 0 Å². The summed E-state index contributed by atoms with van der Waals surface area (Å²) in [6, 6.07) is 15.2. The zero-order chi connectivity index (χ0) is 26.6. The van der Waals surface area contributed by atoms with Gasteiger partial charge >= 0.3 is 5.97 Å². The van der Waals surface area contributed by atoms with Crippen LogP contribution in [-0.2, 0) is 16.1 Å². The first-order valence-electron chi connectivity index (χ1n) is 11.6. The number of benzene rings is 2. The number of hydrogen-bond donors (Lipinski definition) is 4. The number of amidine groups is 1. The Balaban J connectivity index is 1.76. The molecule has 194 valence electrons. The molecule has 1 heterocycles. The molecule has 0 aliphatic heterocycles. The molecule has 0 radical (unpaired) electrons. The van der Waals surface area contributed by atoms with E-state index in [1.807, 2.05) is 19.1 Å². The number of para-hydroxylation sites is 1. The lowest BCUT2D eigenvalue weighted by atomic mass is 10.1. The third-order valence-electron chi connectivity index (χ3n) is 5.04. The molecule has 0 atom stereocenters. The lowest BCUT2D eigenvalue weighted by Gasteiger charge is -2.17. The molecule has 2 aromatic carbocycles. The van der Waals surface area contributed by atoms with Crippen molar-refractivity contribution in [3.05, 3.63) is 77.5 Å². The molecule has 3 rings (SSSR count). The van der Waals surface area contributed by atoms with Gasteiger partial charge in [0.2, 0.25) is 0 Å². The second-order valence-electron chi connectivity index (χ2n) is 7.54. The molecule has 11 heteroatoms. The number of esters is 1. The molecule has 0 fully saturated rings. The van der Waals surface area contributed by atoms with E-state index in [9.17, 15) is 9.59 Å². The predicted molar refractivity (Wildman–Crippen MR) is 138 cm³/mol. The zero-order valence-corrected chi connectivity index (χ0v) is 20.6. The standard InChI is InChI=1S/C26H29N5O6/c1-3-35-21-9-5-7-18(23(21)37-16-22(32)36-4-2)15-29-25-20(8-6-14-28-25)26(33)30-19-12-10-17(11-13-19)24(27)31-34/h5-14,34H,3-4,15-16H2,1-2H3,(H2,27,31)(H,28,29)(H,30,33). The summed E-state index contributed by atoms with van der Waals surface area (Å²) in [4.78, 5) is 29.1. The van der Waals surface area contributed by atoms with Gasteiger partial charge in [0.25, 0.3) is 5.91 Å². The molecule has 0 aliphatic rings. The van der Waals surface area contributed by atoms with Crippen molar-refractivity contribution < 1.29 is 29.0 Å². The van der Waals surface area contributed by atoms with E-state index in [4.69, 9.17) is 25.2 Å². The molecule has 0 bridgehead atoms. The van der Waals surface area contributed by atoms with Gasteiger partial charge < -0.3 is 35.8 Å². The monoisotopic (exact) mass is 507 g/mol. The highest BCUT2D eigenvalue weighted by Crippen LogP contribution is 2.32. The van der Waals surface area contributed by atoms with Crippen LogP contribution < -0.4 is 25.8 Å². The van der Waals surface area contributed by atoms with Crippen molar-refractivity contribution in [2.45, 2.75) is 20.4 Å². The molecule has 3 aromatic rings. The van der Waals surface area contributed by atoms with Gasteiger partial charge in [-0.05, 0) is 56.3 Å². The topological polar surface area (TPSA) is 157 Å². The van der Waals surface area contributed by atoms with Crippen LogP contribution in [0.15, 0.2) is 65.9 Å². The Morgan fingerprint density at radius 1 is 1.03 bits per heavy atom. The van der Waals surface area contributed by atoms with Gasteiger partial charge in [0.15, 0.2) is 23.9 Å². The number of nitrogens with two attached hydrogens (primary N) is 1. The predicted octanol–water partition coefficient (Wildman–Crippen LogP) is 3.38. The second-order valence-corrected chi connectivity index (χ2v) is 7.54. The van der Waals surface area contributed by atoms with Gasteiger partial charge in [-0.25, -0.2) is 9.78 Å². The highest BCUT2D eigenvalue weighted by atomic mass is 16.6. The van der Waals surface area contributed by atoms with Gasteiger partial charge in [-0.3, -0.25) is 4.79 Å². The van der Waals surface area contributed by atoms with Crippen LogP contribution in [-0.4, -0.2) is 47.7 Å². The Labute approximate surface area is 214 Å². The van der Waals surface area contributed by atoms with E-state index in [-0.39, 0.29) is 31.5 Å². The van der Waals surface area contributed by atoms with Crippen LogP contribution in [0, 0.1) is 0 Å². The minimum Gasteiger partial charge on any atom is -0.490 e. The van der Waals surface area contributed by atoms with Gasteiger partial charge in [-0.1, -0.05) is 17.3 Å². The minimum atomic E-state index is -0.490. The molecule has 0 saturated heterocycles. The summed E-state index contributed by atoms with van der Waals surface area (Å²) in [5.41, 5.74) is 7.63. The summed E-state index contributed by atoms with van der Waals surface area (Å²) in [6.45, 7) is 4.21.